The summed E-state index contributed by atoms with van der Waals surface area (Å²) in [5, 5.41) is -3.99. The first-order valence-electron chi connectivity index (χ1n) is 4.08. The molecule has 0 spiro atoms. The summed E-state index contributed by atoms with van der Waals surface area (Å²) < 4.78 is 123. The molecule has 0 aromatic heterocycles. The molecule has 0 unspecified atom stereocenters. The quantitative estimate of drug-likeness (QED) is 0.611. The largest absolute Gasteiger partial charge is 0.438 e. The number of hydrogen-bond donors (Lipinski definition) is 2. The van der Waals surface area contributed by atoms with E-state index in [1.165, 1.54) is 0 Å². The predicted octanol–water partition coefficient (Wildman–Crippen LogP) is 1.84. The molecule has 0 aliphatic heterocycles. The molecule has 0 aromatic carbocycles. The molecule has 4 nitrogen and oxygen atoms in total. The summed E-state index contributed by atoms with van der Waals surface area (Å²) in [7, 11) is -3.22. The van der Waals surface area contributed by atoms with E-state index in [1.54, 1.807) is 0 Å². The average Bonchev–Trinajstić information content (AvgIpc) is 2.16. The molecule has 0 saturated heterocycles. The van der Waals surface area contributed by atoms with Crippen molar-refractivity contribution in [1.29, 1.82) is 0 Å². The number of rotatable bonds is 4. The van der Waals surface area contributed by atoms with Gasteiger partial charge in [-0.15, -0.1) is 0 Å². The molecule has 0 amide bonds. The molecule has 0 atom stereocenters. The zero-order chi connectivity index (χ0) is 16.3. The summed E-state index contributed by atoms with van der Waals surface area (Å²) in [6, 6.07) is 0. The molecule has 13 heteroatoms. The monoisotopic (exact) mass is 327 g/mol. The van der Waals surface area contributed by atoms with Crippen LogP contribution >= 0.6 is 0 Å². The van der Waals surface area contributed by atoms with Crippen LogP contribution in [0.4, 0.5) is 35.1 Å². The van der Waals surface area contributed by atoms with E-state index < -0.39 is 33.6 Å². The van der Waals surface area contributed by atoms with Gasteiger partial charge in [-0.3, -0.25) is 4.55 Å². The van der Waals surface area contributed by atoms with Crippen LogP contribution in [-0.2, 0) is 10.1 Å². The lowest BCUT2D eigenvalue weighted by molar-refractivity contribution is -0.315. The summed E-state index contributed by atoms with van der Waals surface area (Å²) in [6.07, 6.45) is -5.24. The van der Waals surface area contributed by atoms with Crippen molar-refractivity contribution >= 4 is 10.1 Å². The van der Waals surface area contributed by atoms with Gasteiger partial charge in [-0.2, -0.15) is 34.8 Å². The van der Waals surface area contributed by atoms with Gasteiger partial charge in [0.25, 0.3) is 0 Å². The van der Waals surface area contributed by atoms with E-state index in [1.807, 2.05) is 14.1 Å². The van der Waals surface area contributed by atoms with Crippen LogP contribution in [-0.4, -0.2) is 50.6 Å². The SMILES string of the molecule is CNC.O=S(=O)(O)C(F)(F)C(F)(F)C(F)(F)C(F)F. The summed E-state index contributed by atoms with van der Waals surface area (Å²) >= 11 is 0. The van der Waals surface area contributed by atoms with E-state index in [0.717, 1.165) is 0 Å². The Balaban J connectivity index is 0. The highest BCUT2D eigenvalue weighted by Gasteiger charge is 2.80. The van der Waals surface area contributed by atoms with Crippen LogP contribution in [0.2, 0.25) is 0 Å². The Morgan fingerprint density at radius 3 is 1.42 bits per heavy atom. The highest BCUT2D eigenvalue weighted by atomic mass is 32.2. The Hall–Kier alpha value is -0.690. The molecular formula is C6H9F8NO3S. The number of nitrogens with one attached hydrogen (secondary N) is 1. The molecule has 118 valence electrons. The van der Waals surface area contributed by atoms with E-state index in [-0.39, 0.29) is 0 Å². The Morgan fingerprint density at radius 1 is 1.00 bits per heavy atom. The highest BCUT2D eigenvalue weighted by molar-refractivity contribution is 7.87. The number of hydrogen-bond acceptors (Lipinski definition) is 3. The summed E-state index contributed by atoms with van der Waals surface area (Å²) in [6.45, 7) is 0. The van der Waals surface area contributed by atoms with Gasteiger partial charge in [0, 0.05) is 0 Å². The van der Waals surface area contributed by atoms with E-state index in [2.05, 4.69) is 5.32 Å². The third-order valence-electron chi connectivity index (χ3n) is 1.38. The smallest absolute Gasteiger partial charge is 0.323 e. The Morgan fingerprint density at radius 2 is 1.26 bits per heavy atom. The maximum absolute atomic E-state index is 12.2. The summed E-state index contributed by atoms with van der Waals surface area (Å²) in [5.41, 5.74) is 0. The first-order valence-corrected chi connectivity index (χ1v) is 5.52. The minimum atomic E-state index is -6.97. The van der Waals surface area contributed by atoms with Crippen molar-refractivity contribution in [3.8, 4) is 0 Å². The van der Waals surface area contributed by atoms with Crippen LogP contribution in [0.1, 0.15) is 0 Å². The van der Waals surface area contributed by atoms with Crippen molar-refractivity contribution in [3.63, 3.8) is 0 Å². The zero-order valence-electron chi connectivity index (χ0n) is 9.27. The van der Waals surface area contributed by atoms with Crippen molar-refractivity contribution in [1.82, 2.24) is 5.32 Å². The maximum atomic E-state index is 12.2. The molecular weight excluding hydrogens is 318 g/mol. The predicted molar refractivity (Wildman–Crippen MR) is 47.4 cm³/mol. The normalized spacial score (nSPS) is 14.1. The fraction of sp³-hybridized carbons (Fsp3) is 1.00. The molecule has 0 bridgehead atoms. The lowest BCUT2D eigenvalue weighted by atomic mass is 10.2. The van der Waals surface area contributed by atoms with Crippen LogP contribution in [0.5, 0.6) is 0 Å². The van der Waals surface area contributed by atoms with Gasteiger partial charge in [-0.05, 0) is 14.1 Å². The van der Waals surface area contributed by atoms with Gasteiger partial charge in [-0.25, -0.2) is 8.78 Å². The second kappa shape index (κ2) is 6.17. The van der Waals surface area contributed by atoms with Gasteiger partial charge in [0.1, 0.15) is 0 Å². The third kappa shape index (κ3) is 3.89. The van der Waals surface area contributed by atoms with E-state index >= 15 is 0 Å². The second-order valence-electron chi connectivity index (χ2n) is 2.99. The van der Waals surface area contributed by atoms with Gasteiger partial charge in [0.15, 0.2) is 0 Å². The Labute approximate surface area is 102 Å². The first kappa shape index (κ1) is 20.6. The van der Waals surface area contributed by atoms with Crippen LogP contribution in [0.3, 0.4) is 0 Å². The highest BCUT2D eigenvalue weighted by Crippen LogP contribution is 2.50. The fourth-order valence-electron chi connectivity index (χ4n) is 0.493. The molecule has 19 heavy (non-hydrogen) atoms. The van der Waals surface area contributed by atoms with Crippen molar-refractivity contribution in [2.24, 2.45) is 0 Å². The zero-order valence-corrected chi connectivity index (χ0v) is 10.1. The third-order valence-corrected chi connectivity index (χ3v) is 2.29. The molecule has 2 N–H and O–H groups in total. The van der Waals surface area contributed by atoms with Gasteiger partial charge in [-0.1, -0.05) is 0 Å². The molecule has 0 fully saturated rings. The fourth-order valence-corrected chi connectivity index (χ4v) is 0.953. The van der Waals surface area contributed by atoms with Crippen LogP contribution in [0.25, 0.3) is 0 Å². The summed E-state index contributed by atoms with van der Waals surface area (Å²) in [4.78, 5) is 0. The van der Waals surface area contributed by atoms with Gasteiger partial charge in [0.2, 0.25) is 0 Å². The molecule has 0 rings (SSSR count). The van der Waals surface area contributed by atoms with Crippen LogP contribution < -0.4 is 5.32 Å². The minimum absolute atomic E-state index is 1.88. The Bertz CT molecular complexity index is 382. The first-order chi connectivity index (χ1) is 8.11. The minimum Gasteiger partial charge on any atom is -0.323 e. The molecule has 0 aliphatic carbocycles. The average molecular weight is 327 g/mol. The lowest BCUT2D eigenvalue weighted by Gasteiger charge is -2.29. The van der Waals surface area contributed by atoms with Crippen molar-refractivity contribution < 1.29 is 48.1 Å². The number of alkyl halides is 8. The van der Waals surface area contributed by atoms with Crippen LogP contribution in [0, 0.1) is 0 Å². The Kier molecular flexibility index (Phi) is 6.70. The maximum Gasteiger partial charge on any atom is 0.438 e. The van der Waals surface area contributed by atoms with Gasteiger partial charge >= 0.3 is 33.6 Å². The number of halogens is 8. The van der Waals surface area contributed by atoms with E-state index in [4.69, 9.17) is 4.55 Å². The standard InChI is InChI=1S/C4H2F8O3S.C2H7N/c5-1(6)2(7,8)3(9,10)4(11,12)16(13,14)15;1-3-2/h1H,(H,13,14,15);3H,1-2H3. The molecule has 0 saturated carbocycles. The molecule has 0 aromatic rings. The molecule has 0 heterocycles. The lowest BCUT2D eigenvalue weighted by Crippen LogP contribution is -2.60. The van der Waals surface area contributed by atoms with Crippen LogP contribution in [0.15, 0.2) is 0 Å². The van der Waals surface area contributed by atoms with Gasteiger partial charge in [0.05, 0.1) is 0 Å². The topological polar surface area (TPSA) is 66.4 Å². The van der Waals surface area contributed by atoms with Gasteiger partial charge < -0.3 is 5.32 Å². The van der Waals surface area contributed by atoms with E-state index in [0.29, 0.717) is 0 Å². The molecule has 0 radical (unpaired) electrons. The second-order valence-corrected chi connectivity index (χ2v) is 4.45. The van der Waals surface area contributed by atoms with Crippen molar-refractivity contribution in [2.75, 3.05) is 14.1 Å². The molecule has 0 aliphatic rings. The van der Waals surface area contributed by atoms with E-state index in [9.17, 15) is 43.5 Å². The summed E-state index contributed by atoms with van der Waals surface area (Å²) in [5.74, 6) is -13.6. The van der Waals surface area contributed by atoms with Crippen molar-refractivity contribution in [2.45, 2.75) is 23.5 Å². The van der Waals surface area contributed by atoms with Crippen molar-refractivity contribution in [3.05, 3.63) is 0 Å².